The van der Waals surface area contributed by atoms with Crippen molar-refractivity contribution in [2.45, 2.75) is 124 Å². The number of carbonyl (C=O) groups is 4. The zero-order valence-corrected chi connectivity index (χ0v) is 28.8. The molecule has 0 aromatic heterocycles. The van der Waals surface area contributed by atoms with E-state index in [1.54, 1.807) is 21.0 Å². The molecule has 0 radical (unpaired) electrons. The monoisotopic (exact) mass is 617 g/mol. The van der Waals surface area contributed by atoms with Gasteiger partial charge in [0.25, 0.3) is 0 Å². The molecule has 2 aliphatic rings. The summed E-state index contributed by atoms with van der Waals surface area (Å²) in [5.74, 6) is -0.722. The Balaban J connectivity index is 2.16. The minimum absolute atomic E-state index is 0.0226. The highest BCUT2D eigenvalue weighted by Gasteiger charge is 2.41. The van der Waals surface area contributed by atoms with E-state index in [2.05, 4.69) is 32.2 Å². The Morgan fingerprint density at radius 1 is 1.07 bits per heavy atom. The molecule has 1 saturated heterocycles. The zero-order valence-electron chi connectivity index (χ0n) is 28.8. The van der Waals surface area contributed by atoms with Crippen molar-refractivity contribution < 1.29 is 28.7 Å². The van der Waals surface area contributed by atoms with Gasteiger partial charge in [-0.3, -0.25) is 14.4 Å². The topological polar surface area (TPSA) is 105 Å². The first-order valence-electron chi connectivity index (χ1n) is 16.7. The van der Waals surface area contributed by atoms with Crippen molar-refractivity contribution in [2.24, 2.45) is 23.7 Å². The van der Waals surface area contributed by atoms with Gasteiger partial charge >= 0.3 is 5.97 Å². The number of allylic oxidation sites excluding steroid dienone is 3. The van der Waals surface area contributed by atoms with Crippen LogP contribution in [0.1, 0.15) is 99.8 Å². The molecule has 9 nitrogen and oxygen atoms in total. The summed E-state index contributed by atoms with van der Waals surface area (Å²) >= 11 is 0. The van der Waals surface area contributed by atoms with Crippen LogP contribution >= 0.6 is 0 Å². The van der Waals surface area contributed by atoms with Gasteiger partial charge < -0.3 is 24.6 Å². The second-order valence-corrected chi connectivity index (χ2v) is 13.3. The average Bonchev–Trinajstić information content (AvgIpc) is 3.47. The van der Waals surface area contributed by atoms with Crippen LogP contribution in [0.5, 0.6) is 0 Å². The number of nitrogens with one attached hydrogen (secondary N) is 1. The fraction of sp³-hybridized carbons (Fsp3) is 0.771. The third-order valence-electron chi connectivity index (χ3n) is 9.36. The molecular weight excluding hydrogens is 558 g/mol. The third-order valence-corrected chi connectivity index (χ3v) is 9.36. The number of likely N-dealkylation sites (tertiary alicyclic amines) is 1. The van der Waals surface area contributed by atoms with Crippen LogP contribution in [0.15, 0.2) is 23.8 Å². The van der Waals surface area contributed by atoms with Gasteiger partial charge in [0, 0.05) is 39.6 Å². The van der Waals surface area contributed by atoms with Gasteiger partial charge in [-0.15, -0.1) is 0 Å². The van der Waals surface area contributed by atoms with Crippen LogP contribution in [0.3, 0.4) is 0 Å². The van der Waals surface area contributed by atoms with Crippen LogP contribution in [0.25, 0.3) is 0 Å². The highest BCUT2D eigenvalue weighted by atomic mass is 16.5. The van der Waals surface area contributed by atoms with Gasteiger partial charge in [-0.05, 0) is 56.8 Å². The van der Waals surface area contributed by atoms with Gasteiger partial charge in [0.15, 0.2) is 0 Å². The predicted molar refractivity (Wildman–Crippen MR) is 174 cm³/mol. The van der Waals surface area contributed by atoms with Crippen molar-refractivity contribution >= 4 is 23.7 Å². The van der Waals surface area contributed by atoms with Crippen molar-refractivity contribution in [3.8, 4) is 0 Å². The van der Waals surface area contributed by atoms with E-state index in [0.29, 0.717) is 25.8 Å². The minimum atomic E-state index is -0.782. The standard InChI is InChI=1S/C35H59N3O6/c1-10-24(5)32(37(8)30(39)20-23(3)4)25(6)21-31(40)38-19-15-18-29(38)33(43-9)26(7)34(41)36-28(35(42)44-11-2)22-27-16-13-12-14-17-27/h12-13,16,23-26,28-29,32-33H,10-11,14-15,17-22H2,1-9H3,(H,36,41)/t24-,25+,26+,28-,29-,32-,33+/m0/s1. The number of rotatable bonds is 17. The lowest BCUT2D eigenvalue weighted by atomic mass is 9.85. The Kier molecular flexibility index (Phi) is 15.6. The van der Waals surface area contributed by atoms with Crippen LogP contribution < -0.4 is 5.32 Å². The third kappa shape index (κ3) is 10.5. The van der Waals surface area contributed by atoms with Crippen molar-refractivity contribution in [3.63, 3.8) is 0 Å². The van der Waals surface area contributed by atoms with Crippen molar-refractivity contribution in [2.75, 3.05) is 27.3 Å². The molecule has 0 aromatic carbocycles. The molecule has 250 valence electrons. The number of hydrogen-bond acceptors (Lipinski definition) is 6. The zero-order chi connectivity index (χ0) is 33.0. The molecule has 1 fully saturated rings. The summed E-state index contributed by atoms with van der Waals surface area (Å²) in [6.07, 6.45) is 10.9. The van der Waals surface area contributed by atoms with Crippen LogP contribution in [0.4, 0.5) is 0 Å². The second kappa shape index (κ2) is 18.3. The molecule has 44 heavy (non-hydrogen) atoms. The minimum Gasteiger partial charge on any atom is -0.464 e. The van der Waals surface area contributed by atoms with E-state index in [-0.39, 0.29) is 54.2 Å². The number of amides is 3. The van der Waals surface area contributed by atoms with Crippen molar-refractivity contribution in [1.29, 1.82) is 0 Å². The summed E-state index contributed by atoms with van der Waals surface area (Å²) in [6, 6.07) is -1.08. The lowest BCUT2D eigenvalue weighted by Crippen LogP contribution is -2.53. The van der Waals surface area contributed by atoms with Gasteiger partial charge in [-0.2, -0.15) is 0 Å². The Morgan fingerprint density at radius 3 is 2.34 bits per heavy atom. The van der Waals surface area contributed by atoms with E-state index in [9.17, 15) is 19.2 Å². The summed E-state index contributed by atoms with van der Waals surface area (Å²) in [5.41, 5.74) is 1.09. The summed E-state index contributed by atoms with van der Waals surface area (Å²) < 4.78 is 11.2. The molecule has 0 spiro atoms. The normalized spacial score (nSPS) is 20.7. The highest BCUT2D eigenvalue weighted by Crippen LogP contribution is 2.31. The van der Waals surface area contributed by atoms with Gasteiger partial charge in [0.2, 0.25) is 17.7 Å². The Labute approximate surface area is 266 Å². The lowest BCUT2D eigenvalue weighted by Gasteiger charge is -2.39. The Hall–Kier alpha value is -2.68. The SMILES string of the molecule is CCOC(=O)[C@H](CC1=CC=CCC1)NC(=O)[C@H](C)[C@@H](OC)[C@@H]1CCCN1C(=O)C[C@@H](C)[C@H]([C@@H](C)CC)N(C)C(=O)CC(C)C. The van der Waals surface area contributed by atoms with E-state index >= 15 is 0 Å². The fourth-order valence-electron chi connectivity index (χ4n) is 6.85. The molecule has 1 N–H and O–H groups in total. The number of nitrogens with zero attached hydrogens (tertiary/aromatic N) is 2. The first kappa shape index (κ1) is 37.5. The van der Waals surface area contributed by atoms with Crippen molar-refractivity contribution in [1.82, 2.24) is 15.1 Å². The second-order valence-electron chi connectivity index (χ2n) is 13.3. The van der Waals surface area contributed by atoms with Crippen LogP contribution in [0.2, 0.25) is 0 Å². The molecule has 0 unspecified atom stereocenters. The highest BCUT2D eigenvalue weighted by molar-refractivity contribution is 5.86. The Morgan fingerprint density at radius 2 is 1.77 bits per heavy atom. The van der Waals surface area contributed by atoms with Gasteiger partial charge in [-0.25, -0.2) is 4.79 Å². The smallest absolute Gasteiger partial charge is 0.328 e. The lowest BCUT2D eigenvalue weighted by molar-refractivity contribution is -0.149. The maximum Gasteiger partial charge on any atom is 0.328 e. The maximum absolute atomic E-state index is 13.8. The Bertz CT molecular complexity index is 1020. The number of methoxy groups -OCH3 is 1. The molecule has 1 aliphatic heterocycles. The van der Waals surface area contributed by atoms with Gasteiger partial charge in [-0.1, -0.05) is 71.8 Å². The molecule has 2 rings (SSSR count). The summed E-state index contributed by atoms with van der Waals surface area (Å²) in [5, 5.41) is 2.93. The van der Waals surface area contributed by atoms with Crippen LogP contribution in [-0.2, 0) is 28.7 Å². The van der Waals surface area contributed by atoms with Crippen LogP contribution in [-0.4, -0.2) is 85.0 Å². The van der Waals surface area contributed by atoms with E-state index in [1.807, 2.05) is 42.8 Å². The molecule has 0 aromatic rings. The predicted octanol–water partition coefficient (Wildman–Crippen LogP) is 5.29. The first-order chi connectivity index (χ1) is 20.9. The maximum atomic E-state index is 13.8. The molecule has 1 heterocycles. The molecule has 1 aliphatic carbocycles. The fourth-order valence-corrected chi connectivity index (χ4v) is 6.85. The summed E-state index contributed by atoms with van der Waals surface area (Å²) in [6.45, 7) is 14.8. The summed E-state index contributed by atoms with van der Waals surface area (Å²) in [7, 11) is 3.45. The molecule has 9 heteroatoms. The number of ether oxygens (including phenoxy) is 2. The number of carbonyl (C=O) groups excluding carboxylic acids is 4. The van der Waals surface area contributed by atoms with Gasteiger partial charge in [0.05, 0.1) is 24.7 Å². The van der Waals surface area contributed by atoms with E-state index in [0.717, 1.165) is 37.7 Å². The van der Waals surface area contributed by atoms with E-state index < -0.39 is 24.0 Å². The number of hydrogen-bond donors (Lipinski definition) is 1. The largest absolute Gasteiger partial charge is 0.464 e. The average molecular weight is 618 g/mol. The molecule has 7 atom stereocenters. The van der Waals surface area contributed by atoms with E-state index in [4.69, 9.17) is 9.47 Å². The van der Waals surface area contributed by atoms with Crippen LogP contribution in [0, 0.1) is 23.7 Å². The molecule has 0 saturated carbocycles. The van der Waals surface area contributed by atoms with E-state index in [1.165, 1.54) is 0 Å². The van der Waals surface area contributed by atoms with Gasteiger partial charge in [0.1, 0.15) is 6.04 Å². The molecular formula is C35H59N3O6. The molecule has 0 bridgehead atoms. The number of esters is 1. The quantitative estimate of drug-likeness (QED) is 0.223. The van der Waals surface area contributed by atoms with Crippen molar-refractivity contribution in [3.05, 3.63) is 23.8 Å². The molecule has 3 amide bonds. The summed E-state index contributed by atoms with van der Waals surface area (Å²) in [4.78, 5) is 56.9. The first-order valence-corrected chi connectivity index (χ1v) is 16.7.